The van der Waals surface area contributed by atoms with Crippen molar-refractivity contribution in [2.24, 2.45) is 0 Å². The number of hydrogen-bond donors (Lipinski definition) is 1. The van der Waals surface area contributed by atoms with Crippen molar-refractivity contribution < 1.29 is 48.6 Å². The number of fused-ring (bicyclic) bond motifs is 1. The van der Waals surface area contributed by atoms with E-state index in [1.165, 1.54) is 13.8 Å². The Labute approximate surface area is 204 Å². The highest BCUT2D eigenvalue weighted by atomic mass is 32.2. The monoisotopic (exact) mass is 554 g/mol. The zero-order valence-electron chi connectivity index (χ0n) is 18.9. The summed E-state index contributed by atoms with van der Waals surface area (Å²) in [6.45, 7) is 2.80. The number of aromatic nitrogens is 2. The first kappa shape index (κ1) is 27.7. The predicted molar refractivity (Wildman–Crippen MR) is 117 cm³/mol. The molecular weight excluding hydrogens is 538 g/mol. The molecule has 0 bridgehead atoms. The van der Waals surface area contributed by atoms with Gasteiger partial charge < -0.3 is 14.2 Å². The number of hydrogen-bond acceptors (Lipinski definition) is 9. The smallest absolute Gasteiger partial charge is 0.493 e. The minimum absolute atomic E-state index is 0.0610. The molecule has 0 aliphatic heterocycles. The van der Waals surface area contributed by atoms with Gasteiger partial charge in [-0.05, 0) is 31.5 Å². The summed E-state index contributed by atoms with van der Waals surface area (Å²) in [5.74, 6) is -1.28. The number of anilines is 1. The van der Waals surface area contributed by atoms with Crippen LogP contribution in [0, 0.1) is 17.0 Å². The lowest BCUT2D eigenvalue weighted by molar-refractivity contribution is -0.385. The van der Waals surface area contributed by atoms with Crippen LogP contribution >= 0.6 is 0 Å². The highest BCUT2D eigenvalue weighted by molar-refractivity contribution is 7.88. The molecule has 1 aromatic heterocycles. The van der Waals surface area contributed by atoms with Crippen LogP contribution in [-0.4, -0.2) is 35.9 Å². The van der Waals surface area contributed by atoms with Crippen molar-refractivity contribution in [3.05, 3.63) is 57.4 Å². The molecule has 0 spiro atoms. The summed E-state index contributed by atoms with van der Waals surface area (Å²) < 4.78 is 111. The maximum atomic E-state index is 13.3. The molecule has 0 radical (unpaired) electrons. The standard InChI is InChI=1S/C20H16F6N4O6S/c1-9(11-4-12(19(21,22)23)6-13(5-11)30(31)32)27-18-14-7-17(36-37(33,34)20(24,25)26)16(35-3)8-15(14)28-10(2)29-18/h4-9H,1-3H3,(H,27,28,29)/t9-/m1/s1. The molecule has 1 atom stereocenters. The number of methoxy groups -OCH3 is 1. The Balaban J connectivity index is 2.13. The van der Waals surface area contributed by atoms with E-state index in [2.05, 4.69) is 19.5 Å². The Morgan fingerprint density at radius 1 is 1.03 bits per heavy atom. The third-order valence-electron chi connectivity index (χ3n) is 4.91. The molecule has 0 aliphatic rings. The van der Waals surface area contributed by atoms with Crippen molar-refractivity contribution in [2.45, 2.75) is 31.6 Å². The summed E-state index contributed by atoms with van der Waals surface area (Å²) in [7, 11) is -5.04. The second kappa shape index (κ2) is 9.53. The number of rotatable bonds is 7. The normalized spacial score (nSPS) is 13.3. The van der Waals surface area contributed by atoms with E-state index in [0.717, 1.165) is 25.3 Å². The zero-order chi connectivity index (χ0) is 27.9. The second-order valence-electron chi connectivity index (χ2n) is 7.56. The highest BCUT2D eigenvalue weighted by Crippen LogP contribution is 2.39. The minimum Gasteiger partial charge on any atom is -0.493 e. The van der Waals surface area contributed by atoms with Crippen LogP contribution in [-0.2, 0) is 16.3 Å². The maximum absolute atomic E-state index is 13.3. The first-order valence-electron chi connectivity index (χ1n) is 9.93. The van der Waals surface area contributed by atoms with Crippen molar-refractivity contribution >= 4 is 32.5 Å². The number of benzene rings is 2. The number of ether oxygens (including phenoxy) is 1. The van der Waals surface area contributed by atoms with E-state index in [1.807, 2.05) is 0 Å². The van der Waals surface area contributed by atoms with Crippen LogP contribution in [0.2, 0.25) is 0 Å². The molecule has 0 aliphatic carbocycles. The average Bonchev–Trinajstić information content (AvgIpc) is 2.77. The van der Waals surface area contributed by atoms with Gasteiger partial charge in [0.05, 0.1) is 29.2 Å². The van der Waals surface area contributed by atoms with Gasteiger partial charge >= 0.3 is 21.8 Å². The molecule has 0 saturated carbocycles. The van der Waals surface area contributed by atoms with Crippen LogP contribution in [0.4, 0.5) is 37.8 Å². The highest BCUT2D eigenvalue weighted by Gasteiger charge is 2.49. The van der Waals surface area contributed by atoms with Crippen LogP contribution in [0.5, 0.6) is 11.5 Å². The number of nitro groups is 1. The van der Waals surface area contributed by atoms with Crippen LogP contribution in [0.15, 0.2) is 30.3 Å². The second-order valence-corrected chi connectivity index (χ2v) is 9.09. The molecule has 2 aromatic carbocycles. The number of non-ortho nitro benzene ring substituents is 1. The quantitative estimate of drug-likeness (QED) is 0.136. The van der Waals surface area contributed by atoms with Crippen LogP contribution < -0.4 is 14.2 Å². The van der Waals surface area contributed by atoms with Gasteiger partial charge in [0.25, 0.3) is 5.69 Å². The molecule has 0 saturated heterocycles. The van der Waals surface area contributed by atoms with Gasteiger partial charge in [0, 0.05) is 23.6 Å². The fraction of sp³-hybridized carbons (Fsp3) is 0.300. The number of nitrogens with one attached hydrogen (secondary N) is 1. The van der Waals surface area contributed by atoms with Gasteiger partial charge in [0.2, 0.25) is 0 Å². The van der Waals surface area contributed by atoms with E-state index in [9.17, 15) is 44.9 Å². The summed E-state index contributed by atoms with van der Waals surface area (Å²) in [5, 5.41) is 13.8. The lowest BCUT2D eigenvalue weighted by Crippen LogP contribution is -2.28. The summed E-state index contributed by atoms with van der Waals surface area (Å²) in [6, 6.07) is 2.85. The topological polar surface area (TPSA) is 134 Å². The lowest BCUT2D eigenvalue weighted by Gasteiger charge is -2.19. The third kappa shape index (κ3) is 5.92. The molecule has 1 N–H and O–H groups in total. The van der Waals surface area contributed by atoms with Crippen molar-refractivity contribution in [1.29, 1.82) is 0 Å². The van der Waals surface area contributed by atoms with Gasteiger partial charge in [0.15, 0.2) is 11.5 Å². The maximum Gasteiger partial charge on any atom is 0.534 e. The lowest BCUT2D eigenvalue weighted by atomic mass is 10.0. The van der Waals surface area contributed by atoms with Crippen molar-refractivity contribution in [3.63, 3.8) is 0 Å². The number of halogens is 6. The van der Waals surface area contributed by atoms with Crippen LogP contribution in [0.25, 0.3) is 10.9 Å². The number of nitro benzene ring substituents is 1. The van der Waals surface area contributed by atoms with E-state index >= 15 is 0 Å². The van der Waals surface area contributed by atoms with E-state index in [4.69, 9.17) is 4.74 Å². The molecule has 200 valence electrons. The average molecular weight is 554 g/mol. The zero-order valence-corrected chi connectivity index (χ0v) is 19.7. The van der Waals surface area contributed by atoms with Crippen LogP contribution in [0.3, 0.4) is 0 Å². The minimum atomic E-state index is -6.08. The number of alkyl halides is 6. The Morgan fingerprint density at radius 2 is 1.68 bits per heavy atom. The Bertz CT molecular complexity index is 1480. The van der Waals surface area contributed by atoms with Crippen molar-refractivity contribution in [1.82, 2.24) is 9.97 Å². The first-order valence-corrected chi connectivity index (χ1v) is 11.3. The molecule has 10 nitrogen and oxygen atoms in total. The molecule has 0 amide bonds. The first-order chi connectivity index (χ1) is 16.9. The molecule has 3 aromatic rings. The molecule has 37 heavy (non-hydrogen) atoms. The Hall–Kier alpha value is -3.89. The fourth-order valence-electron chi connectivity index (χ4n) is 3.19. The number of nitrogens with zero attached hydrogens (tertiary/aromatic N) is 3. The largest absolute Gasteiger partial charge is 0.534 e. The summed E-state index contributed by atoms with van der Waals surface area (Å²) in [5.41, 5.74) is -7.93. The van der Waals surface area contributed by atoms with Gasteiger partial charge in [-0.3, -0.25) is 10.1 Å². The van der Waals surface area contributed by atoms with E-state index in [0.29, 0.717) is 12.1 Å². The van der Waals surface area contributed by atoms with Gasteiger partial charge in [-0.1, -0.05) is 0 Å². The Kier molecular flexibility index (Phi) is 7.13. The van der Waals surface area contributed by atoms with Crippen molar-refractivity contribution in [2.75, 3.05) is 12.4 Å². The van der Waals surface area contributed by atoms with Crippen LogP contribution in [0.1, 0.15) is 29.9 Å². The molecule has 17 heteroatoms. The molecule has 0 unspecified atom stereocenters. The number of aryl methyl sites for hydroxylation is 1. The SMILES string of the molecule is COc1cc2nc(C)nc(N[C@H](C)c3cc([N+](=O)[O-])cc(C(F)(F)F)c3)c2cc1OS(=O)(=O)C(F)(F)F. The molecule has 0 fully saturated rings. The Morgan fingerprint density at radius 3 is 2.22 bits per heavy atom. The van der Waals surface area contributed by atoms with Crippen molar-refractivity contribution in [3.8, 4) is 11.5 Å². The molecule has 1 heterocycles. The van der Waals surface area contributed by atoms with Gasteiger partial charge in [0.1, 0.15) is 11.6 Å². The summed E-state index contributed by atoms with van der Waals surface area (Å²) in [6.07, 6.45) is -4.88. The summed E-state index contributed by atoms with van der Waals surface area (Å²) >= 11 is 0. The third-order valence-corrected chi connectivity index (χ3v) is 5.87. The van der Waals surface area contributed by atoms with E-state index in [1.54, 1.807) is 0 Å². The van der Waals surface area contributed by atoms with Gasteiger partial charge in [-0.2, -0.15) is 34.8 Å². The van der Waals surface area contributed by atoms with Gasteiger partial charge in [-0.25, -0.2) is 9.97 Å². The molecule has 3 rings (SSSR count). The summed E-state index contributed by atoms with van der Waals surface area (Å²) in [4.78, 5) is 18.4. The van der Waals surface area contributed by atoms with Gasteiger partial charge in [-0.15, -0.1) is 0 Å². The predicted octanol–water partition coefficient (Wildman–Crippen LogP) is 5.28. The van der Waals surface area contributed by atoms with E-state index in [-0.39, 0.29) is 28.1 Å². The molecular formula is C20H16F6N4O6S. The van der Waals surface area contributed by atoms with E-state index < -0.39 is 55.5 Å². The fourth-order valence-corrected chi connectivity index (χ4v) is 3.66.